The molecule has 0 unspecified atom stereocenters. The zero-order valence-electron chi connectivity index (χ0n) is 9.53. The first-order valence-corrected chi connectivity index (χ1v) is 6.67. The summed E-state index contributed by atoms with van der Waals surface area (Å²) in [7, 11) is 0. The van der Waals surface area contributed by atoms with Crippen molar-refractivity contribution in [3.8, 4) is 11.8 Å². The second-order valence-electron chi connectivity index (χ2n) is 4.08. The Morgan fingerprint density at radius 3 is 3.00 bits per heavy atom. The minimum atomic E-state index is -0.181. The lowest BCUT2D eigenvalue weighted by Gasteiger charge is -2.10. The van der Waals surface area contributed by atoms with E-state index in [0.29, 0.717) is 16.5 Å². The Hall–Kier alpha value is -1.31. The molecule has 0 aliphatic heterocycles. The molecule has 2 rings (SSSR count). The fourth-order valence-electron chi connectivity index (χ4n) is 2.04. The van der Waals surface area contributed by atoms with Crippen LogP contribution >= 0.6 is 11.3 Å². The van der Waals surface area contributed by atoms with Crippen LogP contribution in [0.1, 0.15) is 40.9 Å². The van der Waals surface area contributed by atoms with Gasteiger partial charge in [0.2, 0.25) is 0 Å². The Kier molecular flexibility index (Phi) is 4.18. The summed E-state index contributed by atoms with van der Waals surface area (Å²) in [4.78, 5) is 12.7. The first kappa shape index (κ1) is 12.2. The number of carbonyl (C=O) groups excluding carboxylic acids is 1. The summed E-state index contributed by atoms with van der Waals surface area (Å²) in [6.45, 7) is -0.181. The molecule has 0 atom stereocenters. The average Bonchev–Trinajstić information content (AvgIpc) is 2.96. The Balaban J connectivity index is 2.05. The highest BCUT2D eigenvalue weighted by Gasteiger charge is 2.19. The van der Waals surface area contributed by atoms with Crippen LogP contribution in [0.4, 0.5) is 0 Å². The van der Waals surface area contributed by atoms with Crippen LogP contribution in [0.15, 0.2) is 11.4 Å². The zero-order chi connectivity index (χ0) is 12.1. The van der Waals surface area contributed by atoms with Gasteiger partial charge in [0.05, 0.1) is 0 Å². The number of amides is 1. The van der Waals surface area contributed by atoms with Gasteiger partial charge in [-0.15, -0.1) is 11.3 Å². The quantitative estimate of drug-likeness (QED) is 0.785. The van der Waals surface area contributed by atoms with Gasteiger partial charge in [-0.05, 0) is 24.3 Å². The molecule has 1 amide bonds. The van der Waals surface area contributed by atoms with E-state index >= 15 is 0 Å². The van der Waals surface area contributed by atoms with E-state index in [4.69, 9.17) is 5.11 Å². The van der Waals surface area contributed by atoms with Crippen LogP contribution in [0.2, 0.25) is 0 Å². The number of aliphatic hydroxyl groups excluding tert-OH is 1. The zero-order valence-corrected chi connectivity index (χ0v) is 10.3. The maximum atomic E-state index is 12.0. The minimum Gasteiger partial charge on any atom is -0.384 e. The number of rotatable bonds is 2. The highest BCUT2D eigenvalue weighted by atomic mass is 32.1. The summed E-state index contributed by atoms with van der Waals surface area (Å²) in [5, 5.41) is 13.5. The van der Waals surface area contributed by atoms with Gasteiger partial charge in [0, 0.05) is 11.6 Å². The number of carbonyl (C=O) groups is 1. The molecule has 1 aliphatic carbocycles. The summed E-state index contributed by atoms with van der Waals surface area (Å²) in [5.41, 5.74) is 0.708. The van der Waals surface area contributed by atoms with E-state index in [1.165, 1.54) is 24.2 Å². The van der Waals surface area contributed by atoms with Crippen LogP contribution in [0.3, 0.4) is 0 Å². The smallest absolute Gasteiger partial charge is 0.262 e. The first-order valence-electron chi connectivity index (χ1n) is 5.79. The highest BCUT2D eigenvalue weighted by Crippen LogP contribution is 2.20. The summed E-state index contributed by atoms with van der Waals surface area (Å²) >= 11 is 1.40. The fourth-order valence-corrected chi connectivity index (χ4v) is 2.79. The molecule has 1 saturated carbocycles. The van der Waals surface area contributed by atoms with Gasteiger partial charge in [-0.2, -0.15) is 0 Å². The molecule has 1 aliphatic rings. The van der Waals surface area contributed by atoms with Gasteiger partial charge >= 0.3 is 0 Å². The lowest BCUT2D eigenvalue weighted by atomic mass is 10.2. The molecule has 4 heteroatoms. The predicted octanol–water partition coefficient (Wildman–Crippen LogP) is 1.76. The van der Waals surface area contributed by atoms with Gasteiger partial charge in [0.1, 0.15) is 11.5 Å². The maximum absolute atomic E-state index is 12.0. The second kappa shape index (κ2) is 5.85. The van der Waals surface area contributed by atoms with Crippen molar-refractivity contribution >= 4 is 17.2 Å². The molecule has 17 heavy (non-hydrogen) atoms. The normalized spacial score (nSPS) is 15.4. The second-order valence-corrected chi connectivity index (χ2v) is 4.99. The van der Waals surface area contributed by atoms with E-state index in [-0.39, 0.29) is 12.5 Å². The summed E-state index contributed by atoms with van der Waals surface area (Å²) in [6, 6.07) is 2.14. The molecule has 0 saturated heterocycles. The van der Waals surface area contributed by atoms with Gasteiger partial charge in [0.15, 0.2) is 0 Å². The fraction of sp³-hybridized carbons (Fsp3) is 0.462. The molecular formula is C13H15NO2S. The Labute approximate surface area is 105 Å². The van der Waals surface area contributed by atoms with Crippen molar-refractivity contribution < 1.29 is 9.90 Å². The van der Waals surface area contributed by atoms with Gasteiger partial charge in [-0.1, -0.05) is 24.7 Å². The largest absolute Gasteiger partial charge is 0.384 e. The molecule has 0 radical (unpaired) electrons. The average molecular weight is 249 g/mol. The molecule has 2 N–H and O–H groups in total. The molecule has 3 nitrogen and oxygen atoms in total. The Morgan fingerprint density at radius 2 is 2.29 bits per heavy atom. The minimum absolute atomic E-state index is 0.0332. The van der Waals surface area contributed by atoms with Crippen molar-refractivity contribution in [2.24, 2.45) is 0 Å². The van der Waals surface area contributed by atoms with E-state index in [2.05, 4.69) is 17.2 Å². The molecule has 0 bridgehead atoms. The van der Waals surface area contributed by atoms with Gasteiger partial charge in [-0.25, -0.2) is 0 Å². The first-order chi connectivity index (χ1) is 8.31. The number of hydrogen-bond donors (Lipinski definition) is 2. The SMILES string of the molecule is O=C(NC1CCCC1)c1sccc1C#CCO. The van der Waals surface area contributed by atoms with Crippen LogP contribution in [0.25, 0.3) is 0 Å². The summed E-state index contributed by atoms with van der Waals surface area (Å²) in [5.74, 6) is 5.34. The summed E-state index contributed by atoms with van der Waals surface area (Å²) in [6.07, 6.45) is 4.56. The van der Waals surface area contributed by atoms with Crippen LogP contribution in [0, 0.1) is 11.8 Å². The Bertz CT molecular complexity index is 449. The molecule has 90 valence electrons. The monoisotopic (exact) mass is 249 g/mol. The standard InChI is InChI=1S/C13H15NO2S/c15-8-3-4-10-7-9-17-12(10)13(16)14-11-5-1-2-6-11/h7,9,11,15H,1-2,5-6,8H2,(H,14,16). The molecule has 0 aromatic carbocycles. The molecule has 0 spiro atoms. The molecule has 1 aromatic heterocycles. The van der Waals surface area contributed by atoms with Crippen molar-refractivity contribution in [3.05, 3.63) is 21.9 Å². The van der Waals surface area contributed by atoms with Crippen molar-refractivity contribution in [2.45, 2.75) is 31.7 Å². The van der Waals surface area contributed by atoms with Crippen LogP contribution in [0.5, 0.6) is 0 Å². The van der Waals surface area contributed by atoms with E-state index in [9.17, 15) is 4.79 Å². The van der Waals surface area contributed by atoms with Crippen LogP contribution in [-0.4, -0.2) is 23.7 Å². The topological polar surface area (TPSA) is 49.3 Å². The third-order valence-electron chi connectivity index (χ3n) is 2.86. The Morgan fingerprint density at radius 1 is 1.53 bits per heavy atom. The third-order valence-corrected chi connectivity index (χ3v) is 3.78. The van der Waals surface area contributed by atoms with Crippen molar-refractivity contribution in [2.75, 3.05) is 6.61 Å². The van der Waals surface area contributed by atoms with Crippen LogP contribution < -0.4 is 5.32 Å². The summed E-state index contributed by atoms with van der Waals surface area (Å²) < 4.78 is 0. The lowest BCUT2D eigenvalue weighted by Crippen LogP contribution is -2.32. The van der Waals surface area contributed by atoms with Crippen LogP contribution in [-0.2, 0) is 0 Å². The predicted molar refractivity (Wildman–Crippen MR) is 68.0 cm³/mol. The lowest BCUT2D eigenvalue weighted by molar-refractivity contribution is 0.0942. The van der Waals surface area contributed by atoms with Gasteiger partial charge in [-0.3, -0.25) is 4.79 Å². The van der Waals surface area contributed by atoms with Gasteiger partial charge in [0.25, 0.3) is 5.91 Å². The van der Waals surface area contributed by atoms with E-state index in [1.54, 1.807) is 0 Å². The molecule has 1 fully saturated rings. The number of thiophene rings is 1. The van der Waals surface area contributed by atoms with Crippen molar-refractivity contribution in [1.82, 2.24) is 5.32 Å². The number of hydrogen-bond acceptors (Lipinski definition) is 3. The van der Waals surface area contributed by atoms with E-state index in [1.807, 2.05) is 11.4 Å². The third kappa shape index (κ3) is 3.09. The number of aliphatic hydroxyl groups is 1. The van der Waals surface area contributed by atoms with E-state index in [0.717, 1.165) is 12.8 Å². The van der Waals surface area contributed by atoms with E-state index < -0.39 is 0 Å². The molecule has 1 heterocycles. The highest BCUT2D eigenvalue weighted by molar-refractivity contribution is 7.12. The van der Waals surface area contributed by atoms with Crippen molar-refractivity contribution in [1.29, 1.82) is 0 Å². The molecular weight excluding hydrogens is 234 g/mol. The number of nitrogens with one attached hydrogen (secondary N) is 1. The molecule has 1 aromatic rings. The van der Waals surface area contributed by atoms with Gasteiger partial charge < -0.3 is 10.4 Å². The van der Waals surface area contributed by atoms with Crippen molar-refractivity contribution in [3.63, 3.8) is 0 Å². The maximum Gasteiger partial charge on any atom is 0.262 e.